The van der Waals surface area contributed by atoms with Crippen molar-refractivity contribution in [3.63, 3.8) is 0 Å². The maximum Gasteiger partial charge on any atom is 0.306 e. The van der Waals surface area contributed by atoms with Crippen LogP contribution in [0.2, 0.25) is 0 Å². The van der Waals surface area contributed by atoms with Gasteiger partial charge in [0.2, 0.25) is 0 Å². The third-order valence-corrected chi connectivity index (χ3v) is 1.69. The van der Waals surface area contributed by atoms with Crippen molar-refractivity contribution in [2.75, 3.05) is 0 Å². The molecule has 0 spiro atoms. The van der Waals surface area contributed by atoms with Crippen molar-refractivity contribution in [2.24, 2.45) is 0 Å². The van der Waals surface area contributed by atoms with Gasteiger partial charge in [-0.05, 0) is 6.07 Å². The van der Waals surface area contributed by atoms with Crippen LogP contribution in [0.15, 0.2) is 18.2 Å². The van der Waals surface area contributed by atoms with Crippen molar-refractivity contribution in [1.82, 2.24) is 0 Å². The summed E-state index contributed by atoms with van der Waals surface area (Å²) in [5.74, 6) is -2.96. The molecule has 0 bridgehead atoms. The number of aliphatic carboxylic acids is 1. The first-order valence-electron chi connectivity index (χ1n) is 3.85. The Kier molecular flexibility index (Phi) is 3.14. The van der Waals surface area contributed by atoms with Crippen LogP contribution in [0.3, 0.4) is 0 Å². The average Bonchev–Trinajstić information content (AvgIpc) is 2.01. The first-order chi connectivity index (χ1) is 6.50. The van der Waals surface area contributed by atoms with E-state index in [1.807, 2.05) is 0 Å². The fraction of sp³-hybridized carbons (Fsp3) is 0.222. The standard InChI is InChI=1S/C9H8F2O3/c10-5-1-2-6(7(11)3-5)8(12)4-9(13)14/h1-3,8,12H,4H2,(H,13,14)/t8-/m0/s1. The van der Waals surface area contributed by atoms with Crippen molar-refractivity contribution >= 4 is 5.97 Å². The zero-order chi connectivity index (χ0) is 10.7. The summed E-state index contributed by atoms with van der Waals surface area (Å²) in [5, 5.41) is 17.6. The Morgan fingerprint density at radius 2 is 2.07 bits per heavy atom. The van der Waals surface area contributed by atoms with Crippen LogP contribution < -0.4 is 0 Å². The number of rotatable bonds is 3. The Morgan fingerprint density at radius 3 is 2.57 bits per heavy atom. The predicted molar refractivity (Wildman–Crippen MR) is 43.6 cm³/mol. The summed E-state index contributed by atoms with van der Waals surface area (Å²) in [7, 11) is 0. The highest BCUT2D eigenvalue weighted by atomic mass is 19.1. The first-order valence-corrected chi connectivity index (χ1v) is 3.85. The molecule has 3 nitrogen and oxygen atoms in total. The summed E-state index contributed by atoms with van der Waals surface area (Å²) in [5.41, 5.74) is -0.214. The summed E-state index contributed by atoms with van der Waals surface area (Å²) in [6, 6.07) is 2.59. The minimum atomic E-state index is -1.45. The third-order valence-electron chi connectivity index (χ3n) is 1.69. The molecule has 14 heavy (non-hydrogen) atoms. The van der Waals surface area contributed by atoms with Crippen LogP contribution >= 0.6 is 0 Å². The minimum Gasteiger partial charge on any atom is -0.481 e. The zero-order valence-electron chi connectivity index (χ0n) is 7.08. The van der Waals surface area contributed by atoms with Gasteiger partial charge in [-0.3, -0.25) is 4.79 Å². The van der Waals surface area contributed by atoms with E-state index in [1.54, 1.807) is 0 Å². The van der Waals surface area contributed by atoms with E-state index in [0.717, 1.165) is 12.1 Å². The number of aliphatic hydroxyl groups is 1. The lowest BCUT2D eigenvalue weighted by Crippen LogP contribution is -2.07. The van der Waals surface area contributed by atoms with Gasteiger partial charge < -0.3 is 10.2 Å². The van der Waals surface area contributed by atoms with Gasteiger partial charge in [-0.15, -0.1) is 0 Å². The highest BCUT2D eigenvalue weighted by molar-refractivity contribution is 5.67. The Hall–Kier alpha value is -1.49. The maximum atomic E-state index is 13.0. The van der Waals surface area contributed by atoms with Crippen molar-refractivity contribution in [2.45, 2.75) is 12.5 Å². The number of carboxylic acids is 1. The van der Waals surface area contributed by atoms with E-state index < -0.39 is 30.1 Å². The number of aliphatic hydroxyl groups excluding tert-OH is 1. The largest absolute Gasteiger partial charge is 0.481 e. The van der Waals surface area contributed by atoms with Gasteiger partial charge in [0.15, 0.2) is 0 Å². The lowest BCUT2D eigenvalue weighted by atomic mass is 10.1. The van der Waals surface area contributed by atoms with Gasteiger partial charge in [0.05, 0.1) is 12.5 Å². The highest BCUT2D eigenvalue weighted by Crippen LogP contribution is 2.20. The summed E-state index contributed by atoms with van der Waals surface area (Å²) < 4.78 is 25.4. The molecule has 76 valence electrons. The van der Waals surface area contributed by atoms with Crippen LogP contribution in [0.1, 0.15) is 18.1 Å². The summed E-state index contributed by atoms with van der Waals surface area (Å²) in [6.45, 7) is 0. The Morgan fingerprint density at radius 1 is 1.43 bits per heavy atom. The molecule has 1 aromatic rings. The SMILES string of the molecule is O=C(O)C[C@H](O)c1ccc(F)cc1F. The minimum absolute atomic E-state index is 0.214. The molecule has 0 saturated heterocycles. The van der Waals surface area contributed by atoms with Gasteiger partial charge >= 0.3 is 5.97 Å². The lowest BCUT2D eigenvalue weighted by Gasteiger charge is -2.08. The van der Waals surface area contributed by atoms with Crippen LogP contribution in [0.5, 0.6) is 0 Å². The number of carboxylic acid groups (broad SMARTS) is 1. The molecule has 5 heteroatoms. The fourth-order valence-corrected chi connectivity index (χ4v) is 1.05. The second-order valence-electron chi connectivity index (χ2n) is 2.78. The van der Waals surface area contributed by atoms with Crippen molar-refractivity contribution in [3.8, 4) is 0 Å². The first kappa shape index (κ1) is 10.6. The van der Waals surface area contributed by atoms with E-state index in [4.69, 9.17) is 5.11 Å². The van der Waals surface area contributed by atoms with Crippen LogP contribution in [-0.2, 0) is 4.79 Å². The molecule has 1 rings (SSSR count). The predicted octanol–water partition coefficient (Wildman–Crippen LogP) is 1.47. The van der Waals surface area contributed by atoms with E-state index >= 15 is 0 Å². The number of hydrogen-bond donors (Lipinski definition) is 2. The van der Waals surface area contributed by atoms with Crippen molar-refractivity contribution in [3.05, 3.63) is 35.4 Å². The Bertz CT molecular complexity index is 352. The second-order valence-corrected chi connectivity index (χ2v) is 2.78. The number of carbonyl (C=O) groups is 1. The van der Waals surface area contributed by atoms with Gasteiger partial charge in [0.1, 0.15) is 11.6 Å². The van der Waals surface area contributed by atoms with Crippen LogP contribution in [0.25, 0.3) is 0 Å². The average molecular weight is 202 g/mol. The van der Waals surface area contributed by atoms with E-state index in [-0.39, 0.29) is 5.56 Å². The molecule has 0 aliphatic carbocycles. The van der Waals surface area contributed by atoms with Gasteiger partial charge in [0, 0.05) is 11.6 Å². The molecule has 0 aliphatic heterocycles. The van der Waals surface area contributed by atoms with Crippen LogP contribution in [0, 0.1) is 11.6 Å². The molecular weight excluding hydrogens is 194 g/mol. The van der Waals surface area contributed by atoms with Crippen LogP contribution in [0.4, 0.5) is 8.78 Å². The van der Waals surface area contributed by atoms with E-state index in [0.29, 0.717) is 6.07 Å². The van der Waals surface area contributed by atoms with Gasteiger partial charge in [-0.25, -0.2) is 8.78 Å². The molecule has 0 fully saturated rings. The molecule has 1 aromatic carbocycles. The molecule has 0 radical (unpaired) electrons. The number of halogens is 2. The number of hydrogen-bond acceptors (Lipinski definition) is 2. The monoisotopic (exact) mass is 202 g/mol. The van der Waals surface area contributed by atoms with Gasteiger partial charge in [-0.2, -0.15) is 0 Å². The molecule has 2 N–H and O–H groups in total. The molecule has 0 aliphatic rings. The molecular formula is C9H8F2O3. The van der Waals surface area contributed by atoms with Crippen molar-refractivity contribution < 1.29 is 23.8 Å². The van der Waals surface area contributed by atoms with Gasteiger partial charge in [-0.1, -0.05) is 6.07 Å². The topological polar surface area (TPSA) is 57.5 Å². The normalized spacial score (nSPS) is 12.5. The molecule has 0 aromatic heterocycles. The van der Waals surface area contributed by atoms with E-state index in [1.165, 1.54) is 0 Å². The summed E-state index contributed by atoms with van der Waals surface area (Å²) in [4.78, 5) is 10.2. The fourth-order valence-electron chi connectivity index (χ4n) is 1.05. The lowest BCUT2D eigenvalue weighted by molar-refractivity contribution is -0.139. The van der Waals surface area contributed by atoms with Gasteiger partial charge in [0.25, 0.3) is 0 Å². The molecule has 0 heterocycles. The summed E-state index contributed by atoms with van der Waals surface area (Å²) in [6.07, 6.45) is -2.06. The second kappa shape index (κ2) is 4.15. The molecule has 0 unspecified atom stereocenters. The number of benzene rings is 1. The zero-order valence-corrected chi connectivity index (χ0v) is 7.08. The summed E-state index contributed by atoms with van der Waals surface area (Å²) >= 11 is 0. The van der Waals surface area contributed by atoms with Crippen molar-refractivity contribution in [1.29, 1.82) is 0 Å². The van der Waals surface area contributed by atoms with Crippen LogP contribution in [-0.4, -0.2) is 16.2 Å². The van der Waals surface area contributed by atoms with E-state index in [9.17, 15) is 18.7 Å². The maximum absolute atomic E-state index is 13.0. The Balaban J connectivity index is 2.90. The highest BCUT2D eigenvalue weighted by Gasteiger charge is 2.16. The third kappa shape index (κ3) is 2.50. The Labute approximate surface area is 78.6 Å². The molecule has 0 saturated carbocycles. The van der Waals surface area contributed by atoms with E-state index in [2.05, 4.69) is 0 Å². The quantitative estimate of drug-likeness (QED) is 0.780. The smallest absolute Gasteiger partial charge is 0.306 e. The molecule has 1 atom stereocenters. The molecule has 0 amide bonds.